The molecule has 0 unspecified atom stereocenters. The lowest BCUT2D eigenvalue weighted by molar-refractivity contribution is 0.103. The molecule has 0 atom stereocenters. The van der Waals surface area contributed by atoms with Crippen LogP contribution in [0.5, 0.6) is 34.5 Å². The number of hydrogen-bond donors (Lipinski definition) is 0. The van der Waals surface area contributed by atoms with Crippen molar-refractivity contribution in [3.63, 3.8) is 0 Å². The fourth-order valence-electron chi connectivity index (χ4n) is 4.95. The zero-order valence-corrected chi connectivity index (χ0v) is 24.6. The smallest absolute Gasteiger partial charge is 0.193 e. The number of para-hydroxylation sites is 2. The second kappa shape index (κ2) is 12.7. The first-order valence-corrected chi connectivity index (χ1v) is 14.5. The van der Waals surface area contributed by atoms with Gasteiger partial charge in [-0.05, 0) is 108 Å². The minimum Gasteiger partial charge on any atom is -0.457 e. The standard InChI is InChI=1S/C40H32O4/c1-40(2,31-17-25-37(26-18-31)43-34-11-7-4-8-12-34)32-19-27-38(28-20-32)44-36-23-15-30(16-24-36)39(41)29-13-21-35(22-14-29)42-33-9-5-3-6-10-33/h3-28H,1-2H3. The lowest BCUT2D eigenvalue weighted by Crippen LogP contribution is -2.18. The van der Waals surface area contributed by atoms with Gasteiger partial charge in [0.15, 0.2) is 5.78 Å². The first-order valence-electron chi connectivity index (χ1n) is 14.5. The average molecular weight is 577 g/mol. The Labute approximate surface area is 258 Å². The molecule has 4 heteroatoms. The van der Waals surface area contributed by atoms with Crippen molar-refractivity contribution in [3.8, 4) is 34.5 Å². The molecule has 0 spiro atoms. The summed E-state index contributed by atoms with van der Waals surface area (Å²) in [5, 5.41) is 0. The quantitative estimate of drug-likeness (QED) is 0.152. The molecule has 6 rings (SSSR count). The molecule has 6 aromatic carbocycles. The van der Waals surface area contributed by atoms with E-state index in [0.29, 0.717) is 22.6 Å². The number of hydrogen-bond acceptors (Lipinski definition) is 4. The van der Waals surface area contributed by atoms with E-state index < -0.39 is 0 Å². The van der Waals surface area contributed by atoms with Gasteiger partial charge in [-0.3, -0.25) is 4.79 Å². The third-order valence-corrected chi connectivity index (χ3v) is 7.58. The van der Waals surface area contributed by atoms with Gasteiger partial charge < -0.3 is 14.2 Å². The van der Waals surface area contributed by atoms with Gasteiger partial charge in [0.05, 0.1) is 0 Å². The number of ketones is 1. The van der Waals surface area contributed by atoms with E-state index in [1.807, 2.05) is 97.1 Å². The van der Waals surface area contributed by atoms with Crippen LogP contribution in [0, 0.1) is 0 Å². The van der Waals surface area contributed by atoms with Gasteiger partial charge in [-0.15, -0.1) is 0 Å². The molecule has 0 aliphatic carbocycles. The van der Waals surface area contributed by atoms with E-state index in [0.717, 1.165) is 23.0 Å². The number of ether oxygens (including phenoxy) is 3. The lowest BCUT2D eigenvalue weighted by Gasteiger charge is -2.26. The molecular weight excluding hydrogens is 544 g/mol. The minimum atomic E-state index is -0.211. The fourth-order valence-corrected chi connectivity index (χ4v) is 4.95. The molecule has 6 aromatic rings. The van der Waals surface area contributed by atoms with Crippen LogP contribution in [0.25, 0.3) is 0 Å². The zero-order valence-electron chi connectivity index (χ0n) is 24.6. The van der Waals surface area contributed by atoms with Gasteiger partial charge >= 0.3 is 0 Å². The van der Waals surface area contributed by atoms with Crippen molar-refractivity contribution in [3.05, 3.63) is 180 Å². The summed E-state index contributed by atoms with van der Waals surface area (Å²) in [7, 11) is 0. The topological polar surface area (TPSA) is 44.8 Å². The van der Waals surface area contributed by atoms with E-state index in [1.165, 1.54) is 11.1 Å². The summed E-state index contributed by atoms with van der Waals surface area (Å²) in [6.45, 7) is 4.41. The van der Waals surface area contributed by atoms with Crippen molar-refractivity contribution in [2.24, 2.45) is 0 Å². The number of benzene rings is 6. The fraction of sp³-hybridized carbons (Fsp3) is 0.0750. The second-order valence-electron chi connectivity index (χ2n) is 11.0. The molecule has 0 amide bonds. The highest BCUT2D eigenvalue weighted by Gasteiger charge is 2.23. The molecule has 0 aliphatic heterocycles. The first kappa shape index (κ1) is 28.5. The van der Waals surface area contributed by atoms with Crippen LogP contribution in [0.15, 0.2) is 158 Å². The van der Waals surface area contributed by atoms with E-state index in [4.69, 9.17) is 14.2 Å². The summed E-state index contributed by atoms with van der Waals surface area (Å²) in [6.07, 6.45) is 0. The Morgan fingerprint density at radius 3 is 0.977 bits per heavy atom. The van der Waals surface area contributed by atoms with E-state index >= 15 is 0 Å². The maximum absolute atomic E-state index is 13.0. The van der Waals surface area contributed by atoms with Crippen molar-refractivity contribution in [1.82, 2.24) is 0 Å². The van der Waals surface area contributed by atoms with Gasteiger partial charge in [-0.25, -0.2) is 0 Å². The normalized spacial score (nSPS) is 11.0. The van der Waals surface area contributed by atoms with E-state index in [-0.39, 0.29) is 11.2 Å². The molecule has 4 nitrogen and oxygen atoms in total. The molecule has 0 fully saturated rings. The molecule has 0 N–H and O–H groups in total. The molecule has 0 saturated heterocycles. The number of rotatable bonds is 10. The molecule has 0 aliphatic rings. The van der Waals surface area contributed by atoms with Crippen LogP contribution in [0.4, 0.5) is 0 Å². The molecule has 0 bridgehead atoms. The van der Waals surface area contributed by atoms with Gasteiger partial charge in [0.25, 0.3) is 0 Å². The lowest BCUT2D eigenvalue weighted by atomic mass is 9.78. The second-order valence-corrected chi connectivity index (χ2v) is 11.0. The highest BCUT2D eigenvalue weighted by Crippen LogP contribution is 2.35. The van der Waals surface area contributed by atoms with Crippen molar-refractivity contribution in [1.29, 1.82) is 0 Å². The van der Waals surface area contributed by atoms with Crippen LogP contribution in [0.3, 0.4) is 0 Å². The number of carbonyl (C=O) groups excluding carboxylic acids is 1. The van der Waals surface area contributed by atoms with Crippen LogP contribution < -0.4 is 14.2 Å². The van der Waals surface area contributed by atoms with Crippen molar-refractivity contribution in [2.75, 3.05) is 0 Å². The molecule has 0 heterocycles. The molecular formula is C40H32O4. The Balaban J connectivity index is 1.07. The minimum absolute atomic E-state index is 0.0611. The predicted molar refractivity (Wildman–Crippen MR) is 174 cm³/mol. The monoisotopic (exact) mass is 576 g/mol. The summed E-state index contributed by atoms with van der Waals surface area (Å²) < 4.78 is 17.9. The summed E-state index contributed by atoms with van der Waals surface area (Å²) in [4.78, 5) is 13.0. The van der Waals surface area contributed by atoms with Gasteiger partial charge in [0.1, 0.15) is 34.5 Å². The summed E-state index contributed by atoms with van der Waals surface area (Å²) >= 11 is 0. The van der Waals surface area contributed by atoms with Crippen LogP contribution in [-0.2, 0) is 5.41 Å². The van der Waals surface area contributed by atoms with Crippen molar-refractivity contribution in [2.45, 2.75) is 19.3 Å². The largest absolute Gasteiger partial charge is 0.457 e. The SMILES string of the molecule is CC(C)(c1ccc(Oc2ccccc2)cc1)c1ccc(Oc2ccc(C(=O)c3ccc(Oc4ccccc4)cc3)cc2)cc1. The Hall–Kier alpha value is -5.61. The third-order valence-electron chi connectivity index (χ3n) is 7.58. The molecule has 216 valence electrons. The highest BCUT2D eigenvalue weighted by molar-refractivity contribution is 6.09. The summed E-state index contributed by atoms with van der Waals surface area (Å²) in [5.74, 6) is 4.38. The number of carbonyl (C=O) groups is 1. The Morgan fingerprint density at radius 2 is 0.659 bits per heavy atom. The summed E-state index contributed by atoms with van der Waals surface area (Å²) in [5.41, 5.74) is 3.33. The van der Waals surface area contributed by atoms with Gasteiger partial charge in [-0.2, -0.15) is 0 Å². The van der Waals surface area contributed by atoms with E-state index in [1.54, 1.807) is 36.4 Å². The van der Waals surface area contributed by atoms with E-state index in [9.17, 15) is 4.79 Å². The van der Waals surface area contributed by atoms with Gasteiger partial charge in [0.2, 0.25) is 0 Å². The van der Waals surface area contributed by atoms with Crippen LogP contribution >= 0.6 is 0 Å². The molecule has 0 radical (unpaired) electrons. The predicted octanol–water partition coefficient (Wildman–Crippen LogP) is 10.6. The maximum Gasteiger partial charge on any atom is 0.193 e. The first-order chi connectivity index (χ1) is 21.4. The highest BCUT2D eigenvalue weighted by atomic mass is 16.5. The van der Waals surface area contributed by atoms with Gasteiger partial charge in [0, 0.05) is 16.5 Å². The third kappa shape index (κ3) is 6.71. The summed E-state index contributed by atoms with van der Waals surface area (Å²) in [6, 6.07) is 50.1. The van der Waals surface area contributed by atoms with Crippen molar-refractivity contribution >= 4 is 5.78 Å². The average Bonchev–Trinajstić information content (AvgIpc) is 3.07. The Bertz CT molecular complexity index is 1810. The van der Waals surface area contributed by atoms with E-state index in [2.05, 4.69) is 38.1 Å². The zero-order chi connectivity index (χ0) is 30.4. The Kier molecular flexibility index (Phi) is 8.24. The van der Waals surface area contributed by atoms with Crippen molar-refractivity contribution < 1.29 is 19.0 Å². The van der Waals surface area contributed by atoms with Crippen LogP contribution in [-0.4, -0.2) is 5.78 Å². The van der Waals surface area contributed by atoms with Crippen LogP contribution in [0.2, 0.25) is 0 Å². The molecule has 44 heavy (non-hydrogen) atoms. The van der Waals surface area contributed by atoms with Crippen LogP contribution in [0.1, 0.15) is 40.9 Å². The molecule has 0 saturated carbocycles. The maximum atomic E-state index is 13.0. The molecule has 0 aromatic heterocycles. The van der Waals surface area contributed by atoms with Gasteiger partial charge in [-0.1, -0.05) is 74.5 Å². The Morgan fingerprint density at radius 1 is 0.386 bits per heavy atom.